The van der Waals surface area contributed by atoms with Gasteiger partial charge in [0.2, 0.25) is 0 Å². The minimum Gasteiger partial charge on any atom is -0.462 e. The Labute approximate surface area is 311 Å². The van der Waals surface area contributed by atoms with Crippen LogP contribution < -0.4 is 5.73 Å². The van der Waals surface area contributed by atoms with E-state index in [1.54, 1.807) is 0 Å². The number of rotatable bonds is 37. The first-order valence-electron chi connectivity index (χ1n) is 20.1. The molecule has 296 valence electrons. The zero-order chi connectivity index (χ0) is 37.5. The summed E-state index contributed by atoms with van der Waals surface area (Å²) in [6, 6.07) is 0. The van der Waals surface area contributed by atoms with Gasteiger partial charge in [0, 0.05) is 19.4 Å². The fraction of sp³-hybridized carbons (Fsp3) is 0.756. The summed E-state index contributed by atoms with van der Waals surface area (Å²) in [4.78, 5) is 34.8. The lowest BCUT2D eigenvalue weighted by Crippen LogP contribution is -2.29. The van der Waals surface area contributed by atoms with Crippen molar-refractivity contribution in [2.45, 2.75) is 174 Å². The van der Waals surface area contributed by atoms with Crippen LogP contribution in [0.5, 0.6) is 0 Å². The number of hydrogen-bond donors (Lipinski definition) is 2. The standard InChI is InChI=1S/C41H74NO8P/c1-3-5-7-9-11-13-15-17-19-21-23-25-27-29-31-33-40(43)47-37-39(38-49-51(45,46)48-36-35-42)50-41(44)34-32-30-28-26-24-22-20-18-16-14-12-10-8-6-4-2/h6,8,12-15,18,20,39H,3-5,7,9-11,16-17,19,21-38,42H2,1-2H3,(H,45,46)/t39-/m1/s1. The van der Waals surface area contributed by atoms with E-state index >= 15 is 0 Å². The summed E-state index contributed by atoms with van der Waals surface area (Å²) in [5.41, 5.74) is 5.33. The van der Waals surface area contributed by atoms with Crippen LogP contribution in [-0.4, -0.2) is 49.3 Å². The van der Waals surface area contributed by atoms with E-state index < -0.39 is 32.5 Å². The number of allylic oxidation sites excluding steroid dienone is 8. The van der Waals surface area contributed by atoms with Gasteiger partial charge in [-0.1, -0.05) is 133 Å². The van der Waals surface area contributed by atoms with Gasteiger partial charge >= 0.3 is 19.8 Å². The first-order valence-corrected chi connectivity index (χ1v) is 21.6. The maximum atomic E-state index is 12.5. The number of unbranched alkanes of at least 4 members (excludes halogenated alkanes) is 16. The van der Waals surface area contributed by atoms with E-state index in [-0.39, 0.29) is 32.6 Å². The van der Waals surface area contributed by atoms with Crippen LogP contribution in [0.2, 0.25) is 0 Å². The van der Waals surface area contributed by atoms with Crippen LogP contribution in [0.3, 0.4) is 0 Å². The summed E-state index contributed by atoms with van der Waals surface area (Å²) < 4.78 is 32.7. The van der Waals surface area contributed by atoms with Crippen molar-refractivity contribution in [1.82, 2.24) is 0 Å². The van der Waals surface area contributed by atoms with Gasteiger partial charge in [-0.2, -0.15) is 0 Å². The largest absolute Gasteiger partial charge is 0.472 e. The number of esters is 2. The summed E-state index contributed by atoms with van der Waals surface area (Å²) in [6.07, 6.45) is 41.4. The number of ether oxygens (including phenoxy) is 2. The van der Waals surface area contributed by atoms with Gasteiger partial charge in [-0.25, -0.2) is 4.57 Å². The highest BCUT2D eigenvalue weighted by molar-refractivity contribution is 7.47. The molecule has 0 aromatic rings. The van der Waals surface area contributed by atoms with Gasteiger partial charge in [-0.15, -0.1) is 0 Å². The highest BCUT2D eigenvalue weighted by Crippen LogP contribution is 2.43. The molecule has 0 radical (unpaired) electrons. The van der Waals surface area contributed by atoms with E-state index in [1.807, 2.05) is 0 Å². The molecule has 0 aliphatic heterocycles. The quantitative estimate of drug-likeness (QED) is 0.0276. The van der Waals surface area contributed by atoms with Gasteiger partial charge in [-0.3, -0.25) is 18.6 Å². The lowest BCUT2D eigenvalue weighted by molar-refractivity contribution is -0.161. The first kappa shape index (κ1) is 49.0. The molecule has 10 heteroatoms. The summed E-state index contributed by atoms with van der Waals surface area (Å²) in [5.74, 6) is -0.856. The highest BCUT2D eigenvalue weighted by atomic mass is 31.2. The molecule has 9 nitrogen and oxygen atoms in total. The van der Waals surface area contributed by atoms with E-state index in [2.05, 4.69) is 62.5 Å². The van der Waals surface area contributed by atoms with Gasteiger partial charge in [0.05, 0.1) is 13.2 Å². The topological polar surface area (TPSA) is 134 Å². The van der Waals surface area contributed by atoms with Crippen LogP contribution in [-0.2, 0) is 32.7 Å². The Bertz CT molecular complexity index is 981. The molecule has 2 atom stereocenters. The molecule has 0 saturated heterocycles. The number of carbonyl (C=O) groups is 2. The minimum atomic E-state index is -4.38. The molecule has 0 spiro atoms. The average Bonchev–Trinajstić information content (AvgIpc) is 3.11. The maximum absolute atomic E-state index is 12.5. The van der Waals surface area contributed by atoms with Crippen LogP contribution in [0.15, 0.2) is 48.6 Å². The van der Waals surface area contributed by atoms with Crippen molar-refractivity contribution in [3.05, 3.63) is 48.6 Å². The molecule has 3 N–H and O–H groups in total. The SMILES string of the molecule is CCC=CCC=CCC=CCCCCCCCC(=O)O[C@H](COC(=O)CCCCCCCCCC=CCCCCCC)COP(=O)(O)OCCN. The van der Waals surface area contributed by atoms with Crippen LogP contribution >= 0.6 is 7.82 Å². The predicted octanol–water partition coefficient (Wildman–Crippen LogP) is 11.2. The highest BCUT2D eigenvalue weighted by Gasteiger charge is 2.25. The Kier molecular flexibility index (Phi) is 36.2. The van der Waals surface area contributed by atoms with Crippen LogP contribution in [0.1, 0.15) is 168 Å². The van der Waals surface area contributed by atoms with Crippen molar-refractivity contribution in [2.75, 3.05) is 26.4 Å². The molecule has 0 saturated carbocycles. The molecular formula is C41H74NO8P. The van der Waals surface area contributed by atoms with Gasteiger partial charge in [0.15, 0.2) is 6.10 Å². The second-order valence-corrected chi connectivity index (χ2v) is 14.6. The van der Waals surface area contributed by atoms with Crippen molar-refractivity contribution in [1.29, 1.82) is 0 Å². The van der Waals surface area contributed by atoms with Crippen LogP contribution in [0.25, 0.3) is 0 Å². The minimum absolute atomic E-state index is 0.0482. The molecule has 0 aromatic carbocycles. The van der Waals surface area contributed by atoms with E-state index in [0.29, 0.717) is 6.42 Å². The van der Waals surface area contributed by atoms with Gasteiger partial charge in [-0.05, 0) is 70.6 Å². The van der Waals surface area contributed by atoms with E-state index in [4.69, 9.17) is 24.3 Å². The van der Waals surface area contributed by atoms with E-state index in [0.717, 1.165) is 83.5 Å². The number of phosphoric ester groups is 1. The summed E-state index contributed by atoms with van der Waals surface area (Å²) in [7, 11) is -4.38. The van der Waals surface area contributed by atoms with Crippen molar-refractivity contribution < 1.29 is 37.6 Å². The smallest absolute Gasteiger partial charge is 0.462 e. The fourth-order valence-electron chi connectivity index (χ4n) is 5.23. The Morgan fingerprint density at radius 1 is 0.608 bits per heavy atom. The molecule has 0 heterocycles. The zero-order valence-electron chi connectivity index (χ0n) is 32.3. The molecule has 0 fully saturated rings. The lowest BCUT2D eigenvalue weighted by Gasteiger charge is -2.19. The van der Waals surface area contributed by atoms with E-state index in [1.165, 1.54) is 51.4 Å². The van der Waals surface area contributed by atoms with Crippen LogP contribution in [0, 0.1) is 0 Å². The average molecular weight is 740 g/mol. The monoisotopic (exact) mass is 740 g/mol. The van der Waals surface area contributed by atoms with Crippen molar-refractivity contribution in [3.8, 4) is 0 Å². The normalized spacial score (nSPS) is 13.9. The van der Waals surface area contributed by atoms with E-state index in [9.17, 15) is 19.0 Å². The fourth-order valence-corrected chi connectivity index (χ4v) is 6.00. The van der Waals surface area contributed by atoms with Crippen molar-refractivity contribution >= 4 is 19.8 Å². The second kappa shape index (κ2) is 37.7. The molecule has 1 unspecified atom stereocenters. The summed E-state index contributed by atoms with van der Waals surface area (Å²) in [5, 5.41) is 0. The van der Waals surface area contributed by atoms with Gasteiger partial charge in [0.1, 0.15) is 6.61 Å². The molecule has 0 bridgehead atoms. The second-order valence-electron chi connectivity index (χ2n) is 13.1. The molecule has 0 aliphatic carbocycles. The van der Waals surface area contributed by atoms with Gasteiger partial charge < -0.3 is 20.1 Å². The molecule has 51 heavy (non-hydrogen) atoms. The molecule has 0 rings (SSSR count). The zero-order valence-corrected chi connectivity index (χ0v) is 33.2. The van der Waals surface area contributed by atoms with Crippen LogP contribution in [0.4, 0.5) is 0 Å². The predicted molar refractivity (Wildman–Crippen MR) is 210 cm³/mol. The Morgan fingerprint density at radius 2 is 1.08 bits per heavy atom. The number of phosphoric acid groups is 1. The van der Waals surface area contributed by atoms with Crippen molar-refractivity contribution in [3.63, 3.8) is 0 Å². The molecule has 0 aliphatic rings. The Balaban J connectivity index is 4.23. The molecule has 0 aromatic heterocycles. The summed E-state index contributed by atoms with van der Waals surface area (Å²) >= 11 is 0. The first-order chi connectivity index (χ1) is 24.8. The maximum Gasteiger partial charge on any atom is 0.472 e. The molecular weight excluding hydrogens is 665 g/mol. The lowest BCUT2D eigenvalue weighted by atomic mass is 10.1. The summed E-state index contributed by atoms with van der Waals surface area (Å²) in [6.45, 7) is 3.57. The third-order valence-corrected chi connectivity index (χ3v) is 9.18. The Hall–Kier alpha value is -2.03. The molecule has 0 amide bonds. The number of carbonyl (C=O) groups excluding carboxylic acids is 2. The Morgan fingerprint density at radius 3 is 1.63 bits per heavy atom. The third kappa shape index (κ3) is 37.5. The van der Waals surface area contributed by atoms with Gasteiger partial charge in [0.25, 0.3) is 0 Å². The van der Waals surface area contributed by atoms with Crippen molar-refractivity contribution in [2.24, 2.45) is 5.73 Å². The number of hydrogen-bond acceptors (Lipinski definition) is 8. The third-order valence-electron chi connectivity index (χ3n) is 8.20. The number of nitrogens with two attached hydrogens (primary N) is 1.